The van der Waals surface area contributed by atoms with Crippen molar-refractivity contribution in [3.05, 3.63) is 78.1 Å². The van der Waals surface area contributed by atoms with Crippen LogP contribution in [0.25, 0.3) is 11.0 Å². The van der Waals surface area contributed by atoms with Gasteiger partial charge in [0.15, 0.2) is 5.82 Å². The number of imidazole rings is 1. The summed E-state index contributed by atoms with van der Waals surface area (Å²) in [5, 5.41) is 4.51. The lowest BCUT2D eigenvalue weighted by Crippen LogP contribution is -2.15. The Hall–Kier alpha value is -3.48. The molecule has 0 bridgehead atoms. The van der Waals surface area contributed by atoms with Crippen LogP contribution in [0.3, 0.4) is 0 Å². The molecule has 0 aliphatic heterocycles. The first-order valence-corrected chi connectivity index (χ1v) is 9.34. The second kappa shape index (κ2) is 8.04. The van der Waals surface area contributed by atoms with E-state index in [1.807, 2.05) is 47.4 Å². The zero-order valence-electron chi connectivity index (χ0n) is 15.5. The lowest BCUT2D eigenvalue weighted by atomic mass is 10.1. The molecule has 0 atom stereocenters. The number of benzene rings is 2. The molecule has 2 aromatic heterocycles. The maximum atomic E-state index is 11.3. The lowest BCUT2D eigenvalue weighted by Gasteiger charge is -2.07. The van der Waals surface area contributed by atoms with Crippen LogP contribution in [0.15, 0.2) is 60.9 Å². The molecule has 0 saturated heterocycles. The molecule has 0 unspecified atom stereocenters. The van der Waals surface area contributed by atoms with E-state index in [1.54, 1.807) is 0 Å². The molecule has 7 nitrogen and oxygen atoms in total. The number of hydrogen-bond donors (Lipinski definition) is 1. The van der Waals surface area contributed by atoms with Crippen molar-refractivity contribution in [3.63, 3.8) is 0 Å². The van der Waals surface area contributed by atoms with Gasteiger partial charge in [0.05, 0.1) is 23.8 Å². The number of carbonyl (C=O) groups is 1. The summed E-state index contributed by atoms with van der Waals surface area (Å²) in [6.07, 6.45) is 3.45. The van der Waals surface area contributed by atoms with Gasteiger partial charge in [-0.2, -0.15) is 5.10 Å². The Labute approximate surface area is 162 Å². The lowest BCUT2D eigenvalue weighted by molar-refractivity contribution is -0.117. The highest BCUT2D eigenvalue weighted by Gasteiger charge is 2.13. The number of aromatic nitrogens is 5. The van der Waals surface area contributed by atoms with Gasteiger partial charge in [0.25, 0.3) is 0 Å². The average Bonchev–Trinajstić information content (AvgIpc) is 3.28. The highest BCUT2D eigenvalue weighted by molar-refractivity contribution is 5.75. The summed E-state index contributed by atoms with van der Waals surface area (Å²) in [5.74, 6) is 0.906. The number of primary amides is 1. The molecule has 0 spiro atoms. The van der Waals surface area contributed by atoms with E-state index in [0.717, 1.165) is 29.8 Å². The predicted molar refractivity (Wildman–Crippen MR) is 107 cm³/mol. The van der Waals surface area contributed by atoms with E-state index in [9.17, 15) is 4.79 Å². The number of carbonyl (C=O) groups excluding carboxylic acids is 1. The first-order valence-electron chi connectivity index (χ1n) is 9.34. The molecule has 2 heterocycles. The third-order valence-electron chi connectivity index (χ3n) is 4.68. The van der Waals surface area contributed by atoms with Crippen molar-refractivity contribution in [2.75, 3.05) is 0 Å². The quantitative estimate of drug-likeness (QED) is 0.511. The molecular weight excluding hydrogens is 352 g/mol. The molecule has 28 heavy (non-hydrogen) atoms. The van der Waals surface area contributed by atoms with Crippen LogP contribution in [-0.4, -0.2) is 30.2 Å². The highest BCUT2D eigenvalue weighted by Crippen LogP contribution is 2.13. The molecule has 2 aromatic carbocycles. The van der Waals surface area contributed by atoms with Crippen molar-refractivity contribution in [2.45, 2.75) is 32.4 Å². The van der Waals surface area contributed by atoms with Gasteiger partial charge in [-0.25, -0.2) is 14.6 Å². The predicted octanol–water partition coefficient (Wildman–Crippen LogP) is 2.14. The highest BCUT2D eigenvalue weighted by atomic mass is 16.1. The molecule has 7 heteroatoms. The third-order valence-corrected chi connectivity index (χ3v) is 4.68. The van der Waals surface area contributed by atoms with Crippen LogP contribution in [0.5, 0.6) is 0 Å². The summed E-state index contributed by atoms with van der Waals surface area (Å²) in [6.45, 7) is 1.44. The van der Waals surface area contributed by atoms with Gasteiger partial charge >= 0.3 is 0 Å². The van der Waals surface area contributed by atoms with Gasteiger partial charge in [-0.15, -0.1) is 0 Å². The number of amides is 1. The molecule has 0 aliphatic carbocycles. The fraction of sp³-hybridized carbons (Fsp3) is 0.238. The number of para-hydroxylation sites is 2. The summed E-state index contributed by atoms with van der Waals surface area (Å²) in [7, 11) is 0. The standard InChI is InChI=1S/C21H22N6O/c22-19(28)14-20-24-21(27(25-20)13-10-16-6-2-1-3-7-16)11-12-26-15-23-17-8-4-5-9-18(17)26/h1-9,15H,10-14H2,(H2,22,28). The van der Waals surface area contributed by atoms with Gasteiger partial charge in [-0.05, 0) is 24.1 Å². The fourth-order valence-corrected chi connectivity index (χ4v) is 3.31. The minimum absolute atomic E-state index is 0.0549. The number of fused-ring (bicyclic) bond motifs is 1. The Bertz CT molecular complexity index is 1080. The topological polar surface area (TPSA) is 91.6 Å². The minimum Gasteiger partial charge on any atom is -0.369 e. The summed E-state index contributed by atoms with van der Waals surface area (Å²) < 4.78 is 4.00. The Morgan fingerprint density at radius 3 is 2.57 bits per heavy atom. The number of rotatable bonds is 8. The maximum absolute atomic E-state index is 11.3. The average molecular weight is 374 g/mol. The number of nitrogens with two attached hydrogens (primary N) is 1. The molecule has 2 N–H and O–H groups in total. The summed E-state index contributed by atoms with van der Waals surface area (Å²) in [4.78, 5) is 20.3. The Morgan fingerprint density at radius 2 is 1.75 bits per heavy atom. The maximum Gasteiger partial charge on any atom is 0.225 e. The number of nitrogens with zero attached hydrogens (tertiary/aromatic N) is 5. The van der Waals surface area contributed by atoms with E-state index >= 15 is 0 Å². The van der Waals surface area contributed by atoms with E-state index in [2.05, 4.69) is 37.8 Å². The molecule has 4 rings (SSSR count). The van der Waals surface area contributed by atoms with E-state index in [1.165, 1.54) is 5.56 Å². The number of aryl methyl sites for hydroxylation is 4. The van der Waals surface area contributed by atoms with Gasteiger partial charge in [0.2, 0.25) is 5.91 Å². The van der Waals surface area contributed by atoms with E-state index in [4.69, 9.17) is 5.73 Å². The first kappa shape index (κ1) is 17.9. The van der Waals surface area contributed by atoms with Crippen LogP contribution >= 0.6 is 0 Å². The van der Waals surface area contributed by atoms with Crippen molar-refractivity contribution >= 4 is 16.9 Å². The van der Waals surface area contributed by atoms with Crippen LogP contribution in [0, 0.1) is 0 Å². The minimum atomic E-state index is -0.424. The molecule has 0 aliphatic rings. The molecular formula is C21H22N6O. The van der Waals surface area contributed by atoms with Gasteiger partial charge in [0, 0.05) is 19.5 Å². The van der Waals surface area contributed by atoms with Crippen LogP contribution in [0.4, 0.5) is 0 Å². The summed E-state index contributed by atoms with van der Waals surface area (Å²) >= 11 is 0. The van der Waals surface area contributed by atoms with E-state index in [-0.39, 0.29) is 6.42 Å². The van der Waals surface area contributed by atoms with Crippen molar-refractivity contribution in [1.29, 1.82) is 0 Å². The van der Waals surface area contributed by atoms with Crippen LogP contribution < -0.4 is 5.73 Å². The van der Waals surface area contributed by atoms with Gasteiger partial charge in [-0.1, -0.05) is 42.5 Å². The Morgan fingerprint density at radius 1 is 0.964 bits per heavy atom. The fourth-order valence-electron chi connectivity index (χ4n) is 3.31. The van der Waals surface area contributed by atoms with Gasteiger partial charge in [0.1, 0.15) is 5.82 Å². The van der Waals surface area contributed by atoms with Crippen LogP contribution in [0.2, 0.25) is 0 Å². The monoisotopic (exact) mass is 374 g/mol. The summed E-state index contributed by atoms with van der Waals surface area (Å²) in [5.41, 5.74) is 8.63. The van der Waals surface area contributed by atoms with Gasteiger partial charge in [-0.3, -0.25) is 4.79 Å². The largest absolute Gasteiger partial charge is 0.369 e. The number of hydrogen-bond acceptors (Lipinski definition) is 4. The second-order valence-electron chi connectivity index (χ2n) is 6.72. The normalized spacial score (nSPS) is 11.1. The van der Waals surface area contributed by atoms with Gasteiger partial charge < -0.3 is 10.3 Å². The summed E-state index contributed by atoms with van der Waals surface area (Å²) in [6, 6.07) is 18.3. The molecule has 0 fully saturated rings. The third kappa shape index (κ3) is 4.09. The van der Waals surface area contributed by atoms with Crippen molar-refractivity contribution in [2.24, 2.45) is 5.73 Å². The van der Waals surface area contributed by atoms with Crippen LogP contribution in [-0.2, 0) is 37.1 Å². The van der Waals surface area contributed by atoms with Crippen molar-refractivity contribution in [3.8, 4) is 0 Å². The first-order chi connectivity index (χ1) is 13.7. The Kier molecular flexibility index (Phi) is 5.14. The zero-order chi connectivity index (χ0) is 19.3. The van der Waals surface area contributed by atoms with Crippen molar-refractivity contribution < 1.29 is 4.79 Å². The molecule has 4 aromatic rings. The molecule has 0 saturated carbocycles. The zero-order valence-corrected chi connectivity index (χ0v) is 15.5. The smallest absolute Gasteiger partial charge is 0.225 e. The van der Waals surface area contributed by atoms with Crippen molar-refractivity contribution in [1.82, 2.24) is 24.3 Å². The SMILES string of the molecule is NC(=O)Cc1nc(CCn2cnc3ccccc32)n(CCc2ccccc2)n1. The van der Waals surface area contributed by atoms with E-state index in [0.29, 0.717) is 18.8 Å². The second-order valence-corrected chi connectivity index (χ2v) is 6.72. The molecule has 142 valence electrons. The van der Waals surface area contributed by atoms with Crippen LogP contribution in [0.1, 0.15) is 17.2 Å². The van der Waals surface area contributed by atoms with E-state index < -0.39 is 5.91 Å². The molecule has 0 radical (unpaired) electrons. The Balaban J connectivity index is 1.52. The molecule has 1 amide bonds.